The summed E-state index contributed by atoms with van der Waals surface area (Å²) in [5.74, 6) is 1.77. The minimum Gasteiger partial charge on any atom is -0.489 e. The average Bonchev–Trinajstić information content (AvgIpc) is 2.71. The van der Waals surface area contributed by atoms with Gasteiger partial charge in [-0.2, -0.15) is 0 Å². The quantitative estimate of drug-likeness (QED) is 0.203. The molecular formula is C21H35IN4O3S. The standard InChI is InChI=1S/C21H34N4O3S.HI/c1-4-15-28-20-10-8-7-9-18(20)17-23-21(22-6-3)24-19-11-13-25(14-12-19)29(26,27)16-5-2;/h4,7-10,19H,1,5-6,11-17H2,2-3H3,(H2,22,23,24);1H. The number of hydrogen-bond donors (Lipinski definition) is 2. The molecule has 1 aliphatic rings. The van der Waals surface area contributed by atoms with Gasteiger partial charge >= 0.3 is 0 Å². The molecule has 0 bridgehead atoms. The Morgan fingerprint density at radius 1 is 1.30 bits per heavy atom. The topological polar surface area (TPSA) is 83.0 Å². The van der Waals surface area contributed by atoms with E-state index in [1.807, 2.05) is 38.1 Å². The van der Waals surface area contributed by atoms with Crippen LogP contribution in [0.3, 0.4) is 0 Å². The van der Waals surface area contributed by atoms with Crippen molar-refractivity contribution in [2.45, 2.75) is 45.7 Å². The average molecular weight is 551 g/mol. The van der Waals surface area contributed by atoms with Crippen molar-refractivity contribution < 1.29 is 13.2 Å². The Morgan fingerprint density at radius 3 is 2.63 bits per heavy atom. The van der Waals surface area contributed by atoms with Gasteiger partial charge in [0.15, 0.2) is 5.96 Å². The second kappa shape index (κ2) is 13.9. The molecule has 1 heterocycles. The number of aliphatic imine (C=N–C) groups is 1. The van der Waals surface area contributed by atoms with Crippen molar-refractivity contribution in [3.8, 4) is 5.75 Å². The number of nitrogens with zero attached hydrogens (tertiary/aromatic N) is 2. The number of guanidine groups is 1. The summed E-state index contributed by atoms with van der Waals surface area (Å²) in [4.78, 5) is 4.70. The molecule has 0 unspecified atom stereocenters. The summed E-state index contributed by atoms with van der Waals surface area (Å²) in [6.07, 6.45) is 3.91. The Balaban J connectivity index is 0.00000450. The van der Waals surface area contributed by atoms with Gasteiger partial charge in [-0.1, -0.05) is 37.8 Å². The first-order chi connectivity index (χ1) is 14.0. The molecule has 0 saturated carbocycles. The van der Waals surface area contributed by atoms with E-state index >= 15 is 0 Å². The molecule has 1 fully saturated rings. The molecule has 1 aromatic carbocycles. The van der Waals surface area contributed by atoms with Gasteiger partial charge in [-0.05, 0) is 32.3 Å². The summed E-state index contributed by atoms with van der Waals surface area (Å²) in [5.41, 5.74) is 1.01. The maximum Gasteiger partial charge on any atom is 0.214 e. The van der Waals surface area contributed by atoms with E-state index in [-0.39, 0.29) is 35.8 Å². The van der Waals surface area contributed by atoms with Gasteiger partial charge in [0.2, 0.25) is 10.0 Å². The van der Waals surface area contributed by atoms with E-state index in [0.29, 0.717) is 32.7 Å². The highest BCUT2D eigenvalue weighted by molar-refractivity contribution is 14.0. The minimum atomic E-state index is -3.12. The van der Waals surface area contributed by atoms with E-state index in [1.54, 1.807) is 10.4 Å². The smallest absolute Gasteiger partial charge is 0.214 e. The number of rotatable bonds is 10. The summed E-state index contributed by atoms with van der Waals surface area (Å²) in [7, 11) is -3.12. The lowest BCUT2D eigenvalue weighted by Crippen LogP contribution is -2.50. The van der Waals surface area contributed by atoms with Gasteiger partial charge in [-0.25, -0.2) is 17.7 Å². The monoisotopic (exact) mass is 550 g/mol. The van der Waals surface area contributed by atoms with E-state index in [1.165, 1.54) is 0 Å². The SMILES string of the molecule is C=CCOc1ccccc1CN=C(NCC)NC1CCN(S(=O)(=O)CCC)CC1.I. The number of ether oxygens (including phenoxy) is 1. The Hall–Kier alpha value is -1.33. The molecule has 2 N–H and O–H groups in total. The highest BCUT2D eigenvalue weighted by Gasteiger charge is 2.27. The van der Waals surface area contributed by atoms with Crippen molar-refractivity contribution in [2.75, 3.05) is 32.0 Å². The van der Waals surface area contributed by atoms with E-state index in [9.17, 15) is 8.42 Å². The maximum atomic E-state index is 12.2. The molecule has 9 heteroatoms. The second-order valence-corrected chi connectivity index (χ2v) is 9.12. The zero-order valence-electron chi connectivity index (χ0n) is 18.0. The summed E-state index contributed by atoms with van der Waals surface area (Å²) < 4.78 is 31.8. The molecular weight excluding hydrogens is 515 g/mol. The van der Waals surface area contributed by atoms with Crippen molar-refractivity contribution in [3.05, 3.63) is 42.5 Å². The van der Waals surface area contributed by atoms with E-state index in [2.05, 4.69) is 17.2 Å². The molecule has 2 rings (SSSR count). The van der Waals surface area contributed by atoms with Crippen molar-refractivity contribution in [3.63, 3.8) is 0 Å². The fourth-order valence-corrected chi connectivity index (χ4v) is 4.81. The Labute approximate surface area is 198 Å². The third-order valence-corrected chi connectivity index (χ3v) is 6.81. The zero-order chi connectivity index (χ0) is 21.1. The first-order valence-electron chi connectivity index (χ1n) is 10.3. The van der Waals surface area contributed by atoms with Crippen LogP contribution in [0.1, 0.15) is 38.7 Å². The number of nitrogens with one attached hydrogen (secondary N) is 2. The molecule has 0 atom stereocenters. The molecule has 170 valence electrons. The maximum absolute atomic E-state index is 12.2. The highest BCUT2D eigenvalue weighted by Crippen LogP contribution is 2.19. The molecule has 0 spiro atoms. The highest BCUT2D eigenvalue weighted by atomic mass is 127. The van der Waals surface area contributed by atoms with E-state index < -0.39 is 10.0 Å². The fourth-order valence-electron chi connectivity index (χ4n) is 3.27. The Morgan fingerprint density at radius 2 is 2.00 bits per heavy atom. The van der Waals surface area contributed by atoms with Gasteiger partial charge in [-0.3, -0.25) is 0 Å². The lowest BCUT2D eigenvalue weighted by atomic mass is 10.1. The first kappa shape index (κ1) is 26.7. The van der Waals surface area contributed by atoms with Crippen LogP contribution in [0.2, 0.25) is 0 Å². The van der Waals surface area contributed by atoms with Crippen molar-refractivity contribution in [1.82, 2.24) is 14.9 Å². The molecule has 1 aliphatic heterocycles. The molecule has 30 heavy (non-hydrogen) atoms. The van der Waals surface area contributed by atoms with Crippen molar-refractivity contribution in [2.24, 2.45) is 4.99 Å². The van der Waals surface area contributed by atoms with Gasteiger partial charge in [-0.15, -0.1) is 24.0 Å². The fraction of sp³-hybridized carbons (Fsp3) is 0.571. The molecule has 7 nitrogen and oxygen atoms in total. The first-order valence-corrected chi connectivity index (χ1v) is 11.9. The predicted octanol–water partition coefficient (Wildman–Crippen LogP) is 3.13. The van der Waals surface area contributed by atoms with Crippen LogP contribution in [0.15, 0.2) is 41.9 Å². The molecule has 0 aliphatic carbocycles. The molecule has 0 aromatic heterocycles. The zero-order valence-corrected chi connectivity index (χ0v) is 21.1. The van der Waals surface area contributed by atoms with Gasteiger partial charge in [0.1, 0.15) is 12.4 Å². The van der Waals surface area contributed by atoms with Crippen LogP contribution in [0.5, 0.6) is 5.75 Å². The minimum absolute atomic E-state index is 0. The van der Waals surface area contributed by atoms with Crippen molar-refractivity contribution >= 4 is 40.0 Å². The van der Waals surface area contributed by atoms with Crippen LogP contribution in [-0.2, 0) is 16.6 Å². The number of sulfonamides is 1. The van der Waals surface area contributed by atoms with E-state index in [0.717, 1.165) is 36.7 Å². The summed E-state index contributed by atoms with van der Waals surface area (Å²) in [6, 6.07) is 8.05. The van der Waals surface area contributed by atoms with Gasteiger partial charge in [0.25, 0.3) is 0 Å². The van der Waals surface area contributed by atoms with Gasteiger partial charge in [0, 0.05) is 31.2 Å². The third-order valence-electron chi connectivity index (χ3n) is 4.73. The number of para-hydroxylation sites is 1. The van der Waals surface area contributed by atoms with Crippen molar-refractivity contribution in [1.29, 1.82) is 0 Å². The van der Waals surface area contributed by atoms with E-state index in [4.69, 9.17) is 9.73 Å². The molecule has 0 radical (unpaired) electrons. The normalized spacial score (nSPS) is 15.9. The van der Waals surface area contributed by atoms with Crippen LogP contribution in [0, 0.1) is 0 Å². The van der Waals surface area contributed by atoms with Crippen LogP contribution in [-0.4, -0.2) is 56.7 Å². The second-order valence-electron chi connectivity index (χ2n) is 7.04. The number of piperidine rings is 1. The van der Waals surface area contributed by atoms with Crippen LogP contribution in [0.25, 0.3) is 0 Å². The molecule has 0 amide bonds. The predicted molar refractivity (Wildman–Crippen MR) is 134 cm³/mol. The third kappa shape index (κ3) is 8.43. The Kier molecular flexibility index (Phi) is 12.3. The number of benzene rings is 1. The summed E-state index contributed by atoms with van der Waals surface area (Å²) >= 11 is 0. The Bertz CT molecular complexity index is 778. The number of hydrogen-bond acceptors (Lipinski definition) is 4. The van der Waals surface area contributed by atoms with Gasteiger partial charge in [0.05, 0.1) is 12.3 Å². The lowest BCUT2D eigenvalue weighted by molar-refractivity contribution is 0.306. The van der Waals surface area contributed by atoms with Crippen LogP contribution in [0.4, 0.5) is 0 Å². The lowest BCUT2D eigenvalue weighted by Gasteiger charge is -2.32. The summed E-state index contributed by atoms with van der Waals surface area (Å²) in [6.45, 7) is 10.4. The number of halogens is 1. The largest absolute Gasteiger partial charge is 0.489 e. The van der Waals surface area contributed by atoms with Crippen LogP contribution >= 0.6 is 24.0 Å². The summed E-state index contributed by atoms with van der Waals surface area (Å²) in [5, 5.41) is 6.73. The van der Waals surface area contributed by atoms with Gasteiger partial charge < -0.3 is 15.4 Å². The molecule has 1 aromatic rings. The van der Waals surface area contributed by atoms with Crippen LogP contribution < -0.4 is 15.4 Å². The molecule has 1 saturated heterocycles.